The first kappa shape index (κ1) is 12.3. The third-order valence-corrected chi connectivity index (χ3v) is 4.26. The number of nitrogens with zero attached hydrogens (tertiary/aromatic N) is 1. The molecule has 0 aromatic rings. The minimum atomic E-state index is -0.0409. The van der Waals surface area contributed by atoms with Crippen molar-refractivity contribution in [2.45, 2.75) is 71.1 Å². The van der Waals surface area contributed by atoms with E-state index in [2.05, 4.69) is 46.6 Å². The minimum Gasteiger partial charge on any atom is -0.373 e. The fourth-order valence-corrected chi connectivity index (χ4v) is 3.39. The summed E-state index contributed by atoms with van der Waals surface area (Å²) >= 11 is 0. The third-order valence-electron chi connectivity index (χ3n) is 4.26. The van der Waals surface area contributed by atoms with Gasteiger partial charge < -0.3 is 9.47 Å². The Bertz CT molecular complexity index is 269. The second-order valence-corrected chi connectivity index (χ2v) is 5.97. The number of rotatable bonds is 1. The van der Waals surface area contributed by atoms with Gasteiger partial charge in [-0.25, -0.2) is 0 Å². The van der Waals surface area contributed by atoms with Gasteiger partial charge in [-0.05, 0) is 33.7 Å². The number of fused-ring (bicyclic) bond motifs is 1. The SMILES string of the molecule is CC(C)C1CC2(C)OC(C)N(C)C2C(C)O1. The fraction of sp³-hybridized carbons (Fsp3) is 1.00. The molecule has 0 aromatic heterocycles. The van der Waals surface area contributed by atoms with Gasteiger partial charge in [-0.15, -0.1) is 0 Å². The highest BCUT2D eigenvalue weighted by molar-refractivity contribution is 5.04. The summed E-state index contributed by atoms with van der Waals surface area (Å²) < 4.78 is 12.3. The van der Waals surface area contributed by atoms with E-state index in [0.717, 1.165) is 6.42 Å². The highest BCUT2D eigenvalue weighted by Crippen LogP contribution is 2.43. The molecule has 2 fully saturated rings. The zero-order valence-corrected chi connectivity index (χ0v) is 11.4. The summed E-state index contributed by atoms with van der Waals surface area (Å²) in [6.45, 7) is 11.0. The minimum absolute atomic E-state index is 0.0409. The Morgan fingerprint density at radius 3 is 2.50 bits per heavy atom. The summed E-state index contributed by atoms with van der Waals surface area (Å²) in [6, 6.07) is 0.387. The van der Waals surface area contributed by atoms with Crippen LogP contribution >= 0.6 is 0 Å². The molecule has 5 unspecified atom stereocenters. The Balaban J connectivity index is 2.21. The van der Waals surface area contributed by atoms with Crippen molar-refractivity contribution in [3.8, 4) is 0 Å². The molecular formula is C13H25NO2. The van der Waals surface area contributed by atoms with E-state index in [1.165, 1.54) is 0 Å². The highest BCUT2D eigenvalue weighted by Gasteiger charge is 2.54. The lowest BCUT2D eigenvalue weighted by Gasteiger charge is -2.45. The molecule has 0 aromatic carbocycles. The van der Waals surface area contributed by atoms with Crippen molar-refractivity contribution in [1.82, 2.24) is 4.90 Å². The van der Waals surface area contributed by atoms with Crippen LogP contribution in [0.4, 0.5) is 0 Å². The van der Waals surface area contributed by atoms with Gasteiger partial charge in [-0.1, -0.05) is 13.8 Å². The summed E-state index contributed by atoms with van der Waals surface area (Å²) in [7, 11) is 2.14. The predicted molar refractivity (Wildman–Crippen MR) is 64.3 cm³/mol. The average molecular weight is 227 g/mol. The Hall–Kier alpha value is -0.120. The maximum absolute atomic E-state index is 6.16. The van der Waals surface area contributed by atoms with Gasteiger partial charge in [-0.2, -0.15) is 0 Å². The van der Waals surface area contributed by atoms with Gasteiger partial charge in [0.15, 0.2) is 0 Å². The van der Waals surface area contributed by atoms with Gasteiger partial charge >= 0.3 is 0 Å². The lowest BCUT2D eigenvalue weighted by molar-refractivity contribution is -0.156. The standard InChI is InChI=1S/C13H25NO2/c1-8(2)11-7-13(5)12(9(3)15-11)14(6)10(4)16-13/h8-12H,7H2,1-6H3. The lowest BCUT2D eigenvalue weighted by Crippen LogP contribution is -2.57. The van der Waals surface area contributed by atoms with Crippen LogP contribution in [0.3, 0.4) is 0 Å². The van der Waals surface area contributed by atoms with Crippen LogP contribution in [-0.2, 0) is 9.47 Å². The first-order valence-corrected chi connectivity index (χ1v) is 6.40. The van der Waals surface area contributed by atoms with Crippen molar-refractivity contribution >= 4 is 0 Å². The summed E-state index contributed by atoms with van der Waals surface area (Å²) in [6.07, 6.45) is 1.79. The molecule has 0 N–H and O–H groups in total. The molecule has 2 heterocycles. The molecule has 3 heteroatoms. The Morgan fingerprint density at radius 2 is 1.94 bits per heavy atom. The molecule has 5 atom stereocenters. The van der Waals surface area contributed by atoms with Gasteiger partial charge in [0.25, 0.3) is 0 Å². The summed E-state index contributed by atoms with van der Waals surface area (Å²) in [5.74, 6) is 0.560. The Kier molecular flexibility index (Phi) is 3.06. The fourth-order valence-electron chi connectivity index (χ4n) is 3.39. The Labute approximate surface area is 99.1 Å². The second kappa shape index (κ2) is 3.97. The van der Waals surface area contributed by atoms with E-state index in [1.54, 1.807) is 0 Å². The number of hydrogen-bond donors (Lipinski definition) is 0. The molecule has 0 aliphatic carbocycles. The molecule has 0 saturated carbocycles. The molecule has 94 valence electrons. The molecule has 2 rings (SSSR count). The van der Waals surface area contributed by atoms with Crippen molar-refractivity contribution < 1.29 is 9.47 Å². The quantitative estimate of drug-likeness (QED) is 0.686. The first-order chi connectivity index (χ1) is 7.35. The average Bonchev–Trinajstić information content (AvgIpc) is 2.37. The van der Waals surface area contributed by atoms with Gasteiger partial charge in [0, 0.05) is 6.42 Å². The molecule has 16 heavy (non-hydrogen) atoms. The van der Waals surface area contributed by atoms with Gasteiger partial charge in [0.1, 0.15) is 6.23 Å². The van der Waals surface area contributed by atoms with Crippen molar-refractivity contribution in [2.24, 2.45) is 5.92 Å². The van der Waals surface area contributed by atoms with E-state index in [-0.39, 0.29) is 17.9 Å². The molecule has 0 spiro atoms. The smallest absolute Gasteiger partial charge is 0.108 e. The van der Waals surface area contributed by atoms with Crippen LogP contribution in [0.2, 0.25) is 0 Å². The summed E-state index contributed by atoms with van der Waals surface area (Å²) in [4.78, 5) is 2.31. The van der Waals surface area contributed by atoms with Crippen molar-refractivity contribution in [1.29, 1.82) is 0 Å². The van der Waals surface area contributed by atoms with E-state index >= 15 is 0 Å². The largest absolute Gasteiger partial charge is 0.373 e. The topological polar surface area (TPSA) is 21.7 Å². The van der Waals surface area contributed by atoms with E-state index in [9.17, 15) is 0 Å². The van der Waals surface area contributed by atoms with E-state index in [0.29, 0.717) is 18.1 Å². The van der Waals surface area contributed by atoms with Crippen LogP contribution in [0.25, 0.3) is 0 Å². The van der Waals surface area contributed by atoms with Crippen LogP contribution in [0.1, 0.15) is 41.0 Å². The maximum atomic E-state index is 6.16. The molecule has 2 saturated heterocycles. The van der Waals surface area contributed by atoms with Crippen LogP contribution in [-0.4, -0.2) is 42.0 Å². The number of ether oxygens (including phenoxy) is 2. The number of likely N-dealkylation sites (N-methyl/N-ethyl adjacent to an activating group) is 1. The Morgan fingerprint density at radius 1 is 1.31 bits per heavy atom. The van der Waals surface area contributed by atoms with E-state index in [1.807, 2.05) is 0 Å². The van der Waals surface area contributed by atoms with Crippen LogP contribution in [0.5, 0.6) is 0 Å². The molecule has 3 nitrogen and oxygen atoms in total. The molecule has 0 radical (unpaired) electrons. The van der Waals surface area contributed by atoms with Crippen LogP contribution in [0, 0.1) is 5.92 Å². The van der Waals surface area contributed by atoms with Crippen LogP contribution in [0.15, 0.2) is 0 Å². The normalized spacial score (nSPS) is 49.7. The lowest BCUT2D eigenvalue weighted by atomic mass is 9.81. The second-order valence-electron chi connectivity index (χ2n) is 5.97. The zero-order chi connectivity index (χ0) is 12.1. The summed E-state index contributed by atoms with van der Waals surface area (Å²) in [5, 5.41) is 0. The maximum Gasteiger partial charge on any atom is 0.108 e. The molecule has 0 bridgehead atoms. The number of hydrogen-bond acceptors (Lipinski definition) is 3. The first-order valence-electron chi connectivity index (χ1n) is 6.40. The van der Waals surface area contributed by atoms with Gasteiger partial charge in [0.2, 0.25) is 0 Å². The van der Waals surface area contributed by atoms with E-state index < -0.39 is 0 Å². The third kappa shape index (κ3) is 1.79. The van der Waals surface area contributed by atoms with Crippen molar-refractivity contribution in [2.75, 3.05) is 7.05 Å². The highest BCUT2D eigenvalue weighted by atomic mass is 16.6. The predicted octanol–water partition coefficient (Wildman–Crippen LogP) is 2.26. The van der Waals surface area contributed by atoms with Gasteiger partial charge in [-0.3, -0.25) is 4.90 Å². The molecule has 0 amide bonds. The molecule has 2 aliphatic heterocycles. The molecule has 2 aliphatic rings. The summed E-state index contributed by atoms with van der Waals surface area (Å²) in [5.41, 5.74) is -0.0409. The van der Waals surface area contributed by atoms with Crippen LogP contribution < -0.4 is 0 Å². The monoisotopic (exact) mass is 227 g/mol. The van der Waals surface area contributed by atoms with Crippen molar-refractivity contribution in [3.63, 3.8) is 0 Å². The zero-order valence-electron chi connectivity index (χ0n) is 11.4. The van der Waals surface area contributed by atoms with Gasteiger partial charge in [0.05, 0.1) is 23.9 Å². The van der Waals surface area contributed by atoms with E-state index in [4.69, 9.17) is 9.47 Å². The van der Waals surface area contributed by atoms with Crippen molar-refractivity contribution in [3.05, 3.63) is 0 Å². The molecular weight excluding hydrogens is 202 g/mol.